The monoisotopic (exact) mass is 311 g/mol. The Balaban J connectivity index is 2.10. The molecule has 0 amide bonds. The van der Waals surface area contributed by atoms with Crippen molar-refractivity contribution in [3.8, 4) is 0 Å². The van der Waals surface area contributed by atoms with Crippen molar-refractivity contribution < 1.29 is 4.92 Å². The lowest BCUT2D eigenvalue weighted by atomic mass is 10.2. The molecule has 0 aromatic carbocycles. The second-order valence-corrected chi connectivity index (χ2v) is 6.52. The molecule has 2 N–H and O–H groups in total. The van der Waals surface area contributed by atoms with Crippen LogP contribution in [-0.2, 0) is 0 Å². The first-order valence-electron chi connectivity index (χ1n) is 7.27. The van der Waals surface area contributed by atoms with Gasteiger partial charge in [0.25, 0.3) is 0 Å². The molecule has 1 heterocycles. The van der Waals surface area contributed by atoms with Crippen LogP contribution >= 0.6 is 11.8 Å². The van der Waals surface area contributed by atoms with Crippen LogP contribution in [0.25, 0.3) is 0 Å². The van der Waals surface area contributed by atoms with E-state index in [1.165, 1.54) is 6.20 Å². The van der Waals surface area contributed by atoms with Gasteiger partial charge in [0.2, 0.25) is 11.8 Å². The molecule has 2 atom stereocenters. The third-order valence-electron chi connectivity index (χ3n) is 3.43. The molecule has 1 aliphatic carbocycles. The number of anilines is 2. The van der Waals surface area contributed by atoms with Gasteiger partial charge in [-0.05, 0) is 31.9 Å². The maximum atomic E-state index is 11.1. The van der Waals surface area contributed by atoms with Gasteiger partial charge in [-0.3, -0.25) is 10.1 Å². The van der Waals surface area contributed by atoms with Crippen molar-refractivity contribution in [2.45, 2.75) is 44.4 Å². The average Bonchev–Trinajstić information content (AvgIpc) is 2.87. The Kier molecular flexibility index (Phi) is 5.60. The SMILES string of the molecule is CCNc1ncc([N+](=O)[O-])c(NC2CCC(SCC)C2)n1. The summed E-state index contributed by atoms with van der Waals surface area (Å²) in [7, 11) is 0. The van der Waals surface area contributed by atoms with Crippen LogP contribution in [0, 0.1) is 10.1 Å². The molecule has 21 heavy (non-hydrogen) atoms. The summed E-state index contributed by atoms with van der Waals surface area (Å²) in [6.45, 7) is 4.76. The summed E-state index contributed by atoms with van der Waals surface area (Å²) in [5.74, 6) is 1.84. The second kappa shape index (κ2) is 7.44. The molecule has 0 radical (unpaired) electrons. The molecule has 1 aromatic heterocycles. The molecule has 116 valence electrons. The molecule has 1 saturated carbocycles. The minimum atomic E-state index is -0.439. The Bertz CT molecular complexity index is 499. The summed E-state index contributed by atoms with van der Waals surface area (Å²) in [5, 5.41) is 17.9. The Morgan fingerprint density at radius 2 is 2.29 bits per heavy atom. The summed E-state index contributed by atoms with van der Waals surface area (Å²) in [5.41, 5.74) is -0.0664. The van der Waals surface area contributed by atoms with E-state index in [4.69, 9.17) is 0 Å². The number of hydrogen-bond acceptors (Lipinski definition) is 7. The van der Waals surface area contributed by atoms with Crippen LogP contribution in [0.5, 0.6) is 0 Å². The van der Waals surface area contributed by atoms with Crippen molar-refractivity contribution in [3.05, 3.63) is 16.3 Å². The summed E-state index contributed by atoms with van der Waals surface area (Å²) in [6, 6.07) is 0.247. The van der Waals surface area contributed by atoms with Crippen LogP contribution in [0.4, 0.5) is 17.5 Å². The first kappa shape index (κ1) is 15.8. The van der Waals surface area contributed by atoms with Crippen LogP contribution in [0.3, 0.4) is 0 Å². The number of hydrogen-bond donors (Lipinski definition) is 2. The zero-order chi connectivity index (χ0) is 15.2. The van der Waals surface area contributed by atoms with Gasteiger partial charge in [0, 0.05) is 17.8 Å². The van der Waals surface area contributed by atoms with Gasteiger partial charge in [-0.1, -0.05) is 6.92 Å². The molecule has 8 heteroatoms. The molecule has 1 aromatic rings. The van der Waals surface area contributed by atoms with Crippen molar-refractivity contribution in [2.24, 2.45) is 0 Å². The predicted octanol–water partition coefficient (Wildman–Crippen LogP) is 2.90. The van der Waals surface area contributed by atoms with E-state index in [9.17, 15) is 10.1 Å². The lowest BCUT2D eigenvalue weighted by Gasteiger charge is -2.14. The van der Waals surface area contributed by atoms with Crippen LogP contribution < -0.4 is 10.6 Å². The second-order valence-electron chi connectivity index (χ2n) is 4.95. The van der Waals surface area contributed by atoms with E-state index < -0.39 is 4.92 Å². The Morgan fingerprint density at radius 1 is 1.48 bits per heavy atom. The van der Waals surface area contributed by atoms with Gasteiger partial charge in [-0.15, -0.1) is 0 Å². The smallest absolute Gasteiger partial charge is 0.329 e. The zero-order valence-electron chi connectivity index (χ0n) is 12.3. The standard InChI is InChI=1S/C13H21N5O2S/c1-3-14-13-15-8-11(18(19)20)12(17-13)16-9-5-6-10(7-9)21-4-2/h8-10H,3-7H2,1-2H3,(H2,14,15,16,17). The van der Waals surface area contributed by atoms with Gasteiger partial charge in [0.1, 0.15) is 6.20 Å². The number of aromatic nitrogens is 2. The lowest BCUT2D eigenvalue weighted by Crippen LogP contribution is -2.19. The van der Waals surface area contributed by atoms with Crippen LogP contribution in [-0.4, -0.2) is 38.5 Å². The van der Waals surface area contributed by atoms with Crippen LogP contribution in [0.2, 0.25) is 0 Å². The van der Waals surface area contributed by atoms with Gasteiger partial charge in [0.15, 0.2) is 0 Å². The van der Waals surface area contributed by atoms with Crippen molar-refractivity contribution in [1.82, 2.24) is 9.97 Å². The minimum Gasteiger partial charge on any atom is -0.361 e. The van der Waals surface area contributed by atoms with E-state index in [2.05, 4.69) is 27.5 Å². The third kappa shape index (κ3) is 4.20. The number of rotatable bonds is 7. The van der Waals surface area contributed by atoms with Gasteiger partial charge in [-0.2, -0.15) is 16.7 Å². The molecule has 0 spiro atoms. The highest BCUT2D eigenvalue weighted by molar-refractivity contribution is 7.99. The molecule has 1 fully saturated rings. The highest BCUT2D eigenvalue weighted by Crippen LogP contribution is 2.33. The van der Waals surface area contributed by atoms with Crippen molar-refractivity contribution in [3.63, 3.8) is 0 Å². The van der Waals surface area contributed by atoms with E-state index in [0.717, 1.165) is 25.0 Å². The molecular weight excluding hydrogens is 290 g/mol. The topological polar surface area (TPSA) is 93.0 Å². The van der Waals surface area contributed by atoms with Gasteiger partial charge >= 0.3 is 5.69 Å². The van der Waals surface area contributed by atoms with Crippen molar-refractivity contribution in [1.29, 1.82) is 0 Å². The van der Waals surface area contributed by atoms with E-state index in [0.29, 0.717) is 23.6 Å². The fourth-order valence-electron chi connectivity index (χ4n) is 2.51. The highest BCUT2D eigenvalue weighted by atomic mass is 32.2. The fourth-order valence-corrected chi connectivity index (χ4v) is 3.65. The average molecular weight is 311 g/mol. The number of nitro groups is 1. The van der Waals surface area contributed by atoms with Gasteiger partial charge in [-0.25, -0.2) is 4.98 Å². The summed E-state index contributed by atoms with van der Waals surface area (Å²) in [4.78, 5) is 18.9. The summed E-state index contributed by atoms with van der Waals surface area (Å²) >= 11 is 1.96. The van der Waals surface area contributed by atoms with Gasteiger partial charge < -0.3 is 10.6 Å². The summed E-state index contributed by atoms with van der Waals surface area (Å²) in [6.07, 6.45) is 4.46. The number of nitrogens with one attached hydrogen (secondary N) is 2. The maximum Gasteiger partial charge on any atom is 0.329 e. The first-order valence-corrected chi connectivity index (χ1v) is 8.32. The molecule has 7 nitrogen and oxygen atoms in total. The van der Waals surface area contributed by atoms with E-state index in [-0.39, 0.29) is 11.7 Å². The maximum absolute atomic E-state index is 11.1. The molecule has 2 rings (SSSR count). The first-order chi connectivity index (χ1) is 10.1. The summed E-state index contributed by atoms with van der Waals surface area (Å²) < 4.78 is 0. The predicted molar refractivity (Wildman–Crippen MR) is 86.0 cm³/mol. The highest BCUT2D eigenvalue weighted by Gasteiger charge is 2.27. The number of nitrogens with zero attached hydrogens (tertiary/aromatic N) is 3. The quantitative estimate of drug-likeness (QED) is 0.590. The van der Waals surface area contributed by atoms with E-state index in [1.807, 2.05) is 18.7 Å². The van der Waals surface area contributed by atoms with Crippen LogP contribution in [0.1, 0.15) is 33.1 Å². The largest absolute Gasteiger partial charge is 0.361 e. The molecule has 1 aliphatic rings. The fraction of sp³-hybridized carbons (Fsp3) is 0.692. The van der Waals surface area contributed by atoms with Crippen LogP contribution in [0.15, 0.2) is 6.20 Å². The molecule has 0 bridgehead atoms. The molecule has 0 aliphatic heterocycles. The van der Waals surface area contributed by atoms with E-state index >= 15 is 0 Å². The van der Waals surface area contributed by atoms with Crippen molar-refractivity contribution in [2.75, 3.05) is 22.9 Å². The Hall–Kier alpha value is -1.57. The molecule has 0 saturated heterocycles. The molecular formula is C13H21N5O2S. The zero-order valence-corrected chi connectivity index (χ0v) is 13.2. The normalized spacial score (nSPS) is 21.2. The number of thioether (sulfide) groups is 1. The van der Waals surface area contributed by atoms with Crippen molar-refractivity contribution >= 4 is 29.2 Å². The van der Waals surface area contributed by atoms with E-state index in [1.54, 1.807) is 0 Å². The molecule has 2 unspecified atom stereocenters. The van der Waals surface area contributed by atoms with Gasteiger partial charge in [0.05, 0.1) is 4.92 Å². The lowest BCUT2D eigenvalue weighted by molar-refractivity contribution is -0.384. The third-order valence-corrected chi connectivity index (χ3v) is 4.66. The Labute approximate surface area is 128 Å². The Morgan fingerprint density at radius 3 is 2.95 bits per heavy atom. The minimum absolute atomic E-state index is 0.0664.